The number of hydrogen-bond acceptors (Lipinski definition) is 7. The van der Waals surface area contributed by atoms with Gasteiger partial charge in [0, 0.05) is 57.0 Å². The molecule has 0 saturated carbocycles. The van der Waals surface area contributed by atoms with Crippen LogP contribution in [0.2, 0.25) is 0 Å². The SMILES string of the molecule is COc1cccc(N2CCN(C(=O)CCCCCN3C(=O)C4C=C5OCOC5=CC4=NC3=S)CC2)c1. The Balaban J connectivity index is 1.03. The number of carbonyl (C=O) groups is 2. The van der Waals surface area contributed by atoms with E-state index in [-0.39, 0.29) is 23.7 Å². The van der Waals surface area contributed by atoms with Crippen LogP contribution in [0.5, 0.6) is 5.75 Å². The van der Waals surface area contributed by atoms with Gasteiger partial charge in [-0.05, 0) is 43.3 Å². The number of aliphatic imine (C=N–C) groups is 1. The van der Waals surface area contributed by atoms with Crippen molar-refractivity contribution in [1.29, 1.82) is 0 Å². The van der Waals surface area contributed by atoms with E-state index >= 15 is 0 Å². The van der Waals surface area contributed by atoms with Crippen LogP contribution in [0.1, 0.15) is 25.7 Å². The molecule has 0 bridgehead atoms. The van der Waals surface area contributed by atoms with Crippen LogP contribution in [0, 0.1) is 5.92 Å². The molecule has 9 nitrogen and oxygen atoms in total. The maximum absolute atomic E-state index is 13.0. The zero-order valence-electron chi connectivity index (χ0n) is 20.4. The minimum atomic E-state index is -0.491. The Morgan fingerprint density at radius 2 is 1.94 bits per heavy atom. The minimum Gasteiger partial charge on any atom is -0.497 e. The molecular weight excluding hydrogens is 480 g/mol. The normalized spacial score (nSPS) is 21.1. The van der Waals surface area contributed by atoms with Gasteiger partial charge < -0.3 is 24.0 Å². The van der Waals surface area contributed by atoms with Crippen LogP contribution in [0.25, 0.3) is 0 Å². The molecule has 36 heavy (non-hydrogen) atoms. The number of anilines is 1. The molecule has 2 saturated heterocycles. The Labute approximate surface area is 216 Å². The number of carbonyl (C=O) groups excluding carboxylic acids is 2. The second-order valence-corrected chi connectivity index (χ2v) is 9.48. The van der Waals surface area contributed by atoms with Crippen molar-refractivity contribution in [3.63, 3.8) is 0 Å². The number of fused-ring (bicyclic) bond motifs is 2. The average Bonchev–Trinajstić information content (AvgIpc) is 3.36. The fraction of sp³-hybridized carbons (Fsp3) is 0.462. The van der Waals surface area contributed by atoms with Gasteiger partial charge in [-0.15, -0.1) is 0 Å². The van der Waals surface area contributed by atoms with Gasteiger partial charge in [-0.25, -0.2) is 4.99 Å². The standard InChI is InChI=1S/C26H30N4O5S/c1-33-19-7-5-6-18(14-19)28-10-12-29(13-11-28)24(31)8-3-2-4-9-30-25(32)20-15-22-23(35-17-34-22)16-21(20)27-26(30)36/h5-7,14-16,20H,2-4,8-13,17H2,1H3. The summed E-state index contributed by atoms with van der Waals surface area (Å²) in [6, 6.07) is 8.01. The van der Waals surface area contributed by atoms with E-state index in [1.54, 1.807) is 24.2 Å². The molecule has 5 rings (SSSR count). The Kier molecular flexibility index (Phi) is 7.22. The lowest BCUT2D eigenvalue weighted by Gasteiger charge is -2.36. The lowest BCUT2D eigenvalue weighted by atomic mass is 9.93. The van der Waals surface area contributed by atoms with Crippen LogP contribution in [0.4, 0.5) is 5.69 Å². The lowest BCUT2D eigenvalue weighted by molar-refractivity contribution is -0.132. The van der Waals surface area contributed by atoms with Crippen LogP contribution in [0.3, 0.4) is 0 Å². The van der Waals surface area contributed by atoms with Crippen molar-refractivity contribution < 1.29 is 23.8 Å². The van der Waals surface area contributed by atoms with Gasteiger partial charge in [-0.3, -0.25) is 14.5 Å². The molecule has 2 fully saturated rings. The van der Waals surface area contributed by atoms with E-state index in [1.165, 1.54) is 0 Å². The highest BCUT2D eigenvalue weighted by Crippen LogP contribution is 2.31. The number of thiocarbonyl (C=S) groups is 1. The number of allylic oxidation sites excluding steroid dienone is 1. The van der Waals surface area contributed by atoms with Crippen molar-refractivity contribution in [1.82, 2.24) is 9.80 Å². The predicted molar refractivity (Wildman–Crippen MR) is 139 cm³/mol. The van der Waals surface area contributed by atoms with Crippen molar-refractivity contribution in [2.24, 2.45) is 10.9 Å². The zero-order valence-corrected chi connectivity index (χ0v) is 21.2. The van der Waals surface area contributed by atoms with Crippen LogP contribution >= 0.6 is 12.2 Å². The second-order valence-electron chi connectivity index (χ2n) is 9.11. The topological polar surface area (TPSA) is 83.9 Å². The number of nitrogens with zero attached hydrogens (tertiary/aromatic N) is 4. The van der Waals surface area contributed by atoms with E-state index < -0.39 is 5.92 Å². The van der Waals surface area contributed by atoms with E-state index in [4.69, 9.17) is 26.4 Å². The maximum atomic E-state index is 13.0. The van der Waals surface area contributed by atoms with Gasteiger partial charge in [0.1, 0.15) is 11.7 Å². The molecule has 10 heteroatoms. The van der Waals surface area contributed by atoms with Crippen molar-refractivity contribution in [3.05, 3.63) is 47.9 Å². The molecule has 0 spiro atoms. The van der Waals surface area contributed by atoms with Crippen molar-refractivity contribution in [3.8, 4) is 5.75 Å². The molecule has 1 aromatic carbocycles. The van der Waals surface area contributed by atoms with Gasteiger partial charge in [0.05, 0.1) is 12.8 Å². The third-order valence-corrected chi connectivity index (χ3v) is 7.21. The molecule has 190 valence electrons. The van der Waals surface area contributed by atoms with Gasteiger partial charge in [-0.1, -0.05) is 12.5 Å². The number of unbranched alkanes of at least 4 members (excludes halogenated alkanes) is 2. The van der Waals surface area contributed by atoms with Crippen molar-refractivity contribution in [2.45, 2.75) is 25.7 Å². The first kappa shape index (κ1) is 24.3. The van der Waals surface area contributed by atoms with Crippen LogP contribution in [-0.2, 0) is 19.1 Å². The van der Waals surface area contributed by atoms with Gasteiger partial charge in [0.15, 0.2) is 11.5 Å². The molecule has 0 N–H and O–H groups in total. The maximum Gasteiger partial charge on any atom is 0.241 e. The van der Waals surface area contributed by atoms with E-state index in [0.717, 1.165) is 56.9 Å². The molecule has 2 amide bonds. The van der Waals surface area contributed by atoms with Gasteiger partial charge in [-0.2, -0.15) is 0 Å². The first-order valence-electron chi connectivity index (χ1n) is 12.3. The quantitative estimate of drug-likeness (QED) is 0.393. The van der Waals surface area contributed by atoms with Crippen LogP contribution in [-0.4, -0.2) is 79.1 Å². The summed E-state index contributed by atoms with van der Waals surface area (Å²) in [5.74, 6) is 1.63. The van der Waals surface area contributed by atoms with Crippen LogP contribution in [0.15, 0.2) is 52.9 Å². The number of methoxy groups -OCH3 is 1. The number of rotatable bonds is 8. The Bertz CT molecular complexity index is 1140. The van der Waals surface area contributed by atoms with Crippen LogP contribution < -0.4 is 9.64 Å². The summed E-state index contributed by atoms with van der Waals surface area (Å²) in [5, 5.41) is 0.281. The second kappa shape index (κ2) is 10.7. The van der Waals surface area contributed by atoms with Gasteiger partial charge in [0.25, 0.3) is 0 Å². The monoisotopic (exact) mass is 510 g/mol. The first-order chi connectivity index (χ1) is 17.5. The first-order valence-corrected chi connectivity index (χ1v) is 12.7. The fourth-order valence-corrected chi connectivity index (χ4v) is 5.13. The summed E-state index contributed by atoms with van der Waals surface area (Å²) >= 11 is 5.38. The number of benzene rings is 1. The lowest BCUT2D eigenvalue weighted by Crippen LogP contribution is -2.48. The minimum absolute atomic E-state index is 0.0896. The highest BCUT2D eigenvalue weighted by Gasteiger charge is 2.38. The third kappa shape index (κ3) is 5.09. The molecule has 3 heterocycles. The molecular formula is C26H30N4O5S. The Morgan fingerprint density at radius 3 is 2.75 bits per heavy atom. The summed E-state index contributed by atoms with van der Waals surface area (Å²) in [5.41, 5.74) is 1.72. The third-order valence-electron chi connectivity index (χ3n) is 6.90. The number of piperazine rings is 1. The van der Waals surface area contributed by atoms with E-state index in [0.29, 0.717) is 30.2 Å². The highest BCUT2D eigenvalue weighted by molar-refractivity contribution is 7.80. The Morgan fingerprint density at radius 1 is 1.14 bits per heavy atom. The van der Waals surface area contributed by atoms with Crippen molar-refractivity contribution in [2.75, 3.05) is 51.5 Å². The van der Waals surface area contributed by atoms with E-state index in [9.17, 15) is 9.59 Å². The predicted octanol–water partition coefficient (Wildman–Crippen LogP) is 2.87. The number of hydrogen-bond donors (Lipinski definition) is 0. The zero-order chi connectivity index (χ0) is 25.1. The van der Waals surface area contributed by atoms with Gasteiger partial charge >= 0.3 is 0 Å². The summed E-state index contributed by atoms with van der Waals surface area (Å²) in [6.07, 6.45) is 6.38. The molecule has 1 atom stereocenters. The van der Waals surface area contributed by atoms with E-state index in [2.05, 4.69) is 16.0 Å². The fourth-order valence-electron chi connectivity index (χ4n) is 4.84. The molecule has 1 aliphatic carbocycles. The summed E-state index contributed by atoms with van der Waals surface area (Å²) in [7, 11) is 1.67. The molecule has 0 radical (unpaired) electrons. The summed E-state index contributed by atoms with van der Waals surface area (Å²) in [6.45, 7) is 3.69. The highest BCUT2D eigenvalue weighted by atomic mass is 32.1. The number of amides is 2. The summed E-state index contributed by atoms with van der Waals surface area (Å²) < 4.78 is 16.1. The molecule has 3 aliphatic heterocycles. The largest absolute Gasteiger partial charge is 0.497 e. The average molecular weight is 511 g/mol. The molecule has 1 aromatic rings. The molecule has 1 unspecified atom stereocenters. The number of ether oxygens (including phenoxy) is 3. The Hall–Kier alpha value is -3.40. The van der Waals surface area contributed by atoms with Crippen molar-refractivity contribution >= 4 is 40.5 Å². The van der Waals surface area contributed by atoms with Gasteiger partial charge in [0.2, 0.25) is 23.7 Å². The molecule has 0 aromatic heterocycles. The summed E-state index contributed by atoms with van der Waals surface area (Å²) in [4.78, 5) is 36.0. The molecule has 4 aliphatic rings. The smallest absolute Gasteiger partial charge is 0.241 e. The van der Waals surface area contributed by atoms with E-state index in [1.807, 2.05) is 23.1 Å².